The van der Waals surface area contributed by atoms with E-state index in [0.717, 1.165) is 4.31 Å². The normalized spacial score (nSPS) is 11.5. The average Bonchev–Trinajstić information content (AvgIpc) is 2.51. The second kappa shape index (κ2) is 6.88. The van der Waals surface area contributed by atoms with Crippen molar-refractivity contribution in [3.63, 3.8) is 0 Å². The van der Waals surface area contributed by atoms with Crippen molar-refractivity contribution in [1.29, 1.82) is 0 Å². The summed E-state index contributed by atoms with van der Waals surface area (Å²) in [6.07, 6.45) is 0. The van der Waals surface area contributed by atoms with Crippen molar-refractivity contribution >= 4 is 44.8 Å². The minimum atomic E-state index is -3.60. The van der Waals surface area contributed by atoms with E-state index in [-0.39, 0.29) is 10.5 Å². The summed E-state index contributed by atoms with van der Waals surface area (Å²) in [7, 11) is -0.747. The fourth-order valence-corrected chi connectivity index (χ4v) is 3.03. The van der Waals surface area contributed by atoms with Crippen LogP contribution in [0.25, 0.3) is 0 Å². The molecule has 0 fully saturated rings. The smallest absolute Gasteiger partial charge is 0.255 e. The first kappa shape index (κ1) is 17.7. The van der Waals surface area contributed by atoms with Gasteiger partial charge < -0.3 is 5.32 Å². The number of anilines is 1. The van der Waals surface area contributed by atoms with E-state index in [1.165, 1.54) is 44.4 Å². The van der Waals surface area contributed by atoms with Gasteiger partial charge in [0.15, 0.2) is 0 Å². The molecule has 2 aromatic rings. The molecule has 1 amide bonds. The lowest BCUT2D eigenvalue weighted by Crippen LogP contribution is -2.22. The summed E-state index contributed by atoms with van der Waals surface area (Å²) in [5.74, 6) is -0.445. The summed E-state index contributed by atoms with van der Waals surface area (Å²) in [5, 5.41) is 3.34. The van der Waals surface area contributed by atoms with E-state index in [0.29, 0.717) is 15.7 Å². The molecule has 0 aliphatic rings. The van der Waals surface area contributed by atoms with Crippen LogP contribution in [-0.2, 0) is 10.0 Å². The van der Waals surface area contributed by atoms with Crippen molar-refractivity contribution in [2.75, 3.05) is 19.4 Å². The maximum atomic E-state index is 12.3. The van der Waals surface area contributed by atoms with Gasteiger partial charge in [-0.2, -0.15) is 0 Å². The summed E-state index contributed by atoms with van der Waals surface area (Å²) >= 11 is 11.7. The summed E-state index contributed by atoms with van der Waals surface area (Å²) in [6.45, 7) is 0. The summed E-state index contributed by atoms with van der Waals surface area (Å²) in [4.78, 5) is 12.3. The predicted molar refractivity (Wildman–Crippen MR) is 91.7 cm³/mol. The Balaban J connectivity index is 2.28. The molecule has 0 radical (unpaired) electrons. The number of sulfonamides is 1. The fourth-order valence-electron chi connectivity index (χ4n) is 1.79. The van der Waals surface area contributed by atoms with Crippen molar-refractivity contribution in [3.05, 3.63) is 58.1 Å². The SMILES string of the molecule is CN(C)S(=O)(=O)c1cccc(C(=O)Nc2ccc(Cl)c(Cl)c2)c1. The molecule has 0 saturated heterocycles. The van der Waals surface area contributed by atoms with Crippen LogP contribution >= 0.6 is 23.2 Å². The van der Waals surface area contributed by atoms with Crippen LogP contribution in [-0.4, -0.2) is 32.7 Å². The minimum Gasteiger partial charge on any atom is -0.322 e. The molecular formula is C15H14Cl2N2O3S. The van der Waals surface area contributed by atoms with Crippen molar-refractivity contribution < 1.29 is 13.2 Å². The van der Waals surface area contributed by atoms with Gasteiger partial charge in [0.05, 0.1) is 14.9 Å². The molecule has 0 heterocycles. The quantitative estimate of drug-likeness (QED) is 0.892. The van der Waals surface area contributed by atoms with Gasteiger partial charge >= 0.3 is 0 Å². The molecule has 2 rings (SSSR count). The van der Waals surface area contributed by atoms with Gasteiger partial charge in [-0.1, -0.05) is 29.3 Å². The Morgan fingerprint density at radius 2 is 1.74 bits per heavy atom. The number of rotatable bonds is 4. The van der Waals surface area contributed by atoms with Crippen LogP contribution in [0.2, 0.25) is 10.0 Å². The minimum absolute atomic E-state index is 0.0456. The molecule has 0 unspecified atom stereocenters. The van der Waals surface area contributed by atoms with E-state index in [2.05, 4.69) is 5.32 Å². The molecule has 0 atom stereocenters. The Kier molecular flexibility index (Phi) is 5.31. The average molecular weight is 373 g/mol. The number of nitrogens with one attached hydrogen (secondary N) is 1. The first-order chi connectivity index (χ1) is 10.7. The van der Waals surface area contributed by atoms with Crippen LogP contribution in [0.15, 0.2) is 47.4 Å². The molecule has 0 spiro atoms. The monoisotopic (exact) mass is 372 g/mol. The molecule has 2 aromatic carbocycles. The molecule has 23 heavy (non-hydrogen) atoms. The van der Waals surface area contributed by atoms with Gasteiger partial charge in [-0.05, 0) is 36.4 Å². The molecule has 8 heteroatoms. The lowest BCUT2D eigenvalue weighted by atomic mass is 10.2. The number of benzene rings is 2. The third kappa shape index (κ3) is 4.03. The fraction of sp³-hybridized carbons (Fsp3) is 0.133. The Hall–Kier alpha value is -1.60. The number of carbonyl (C=O) groups excluding carboxylic acids is 1. The topological polar surface area (TPSA) is 66.5 Å². The number of hydrogen-bond donors (Lipinski definition) is 1. The first-order valence-electron chi connectivity index (χ1n) is 6.51. The molecular weight excluding hydrogens is 359 g/mol. The maximum absolute atomic E-state index is 12.3. The molecule has 5 nitrogen and oxygen atoms in total. The maximum Gasteiger partial charge on any atom is 0.255 e. The highest BCUT2D eigenvalue weighted by molar-refractivity contribution is 7.89. The third-order valence-electron chi connectivity index (χ3n) is 3.05. The van der Waals surface area contributed by atoms with Crippen molar-refractivity contribution in [2.24, 2.45) is 0 Å². The lowest BCUT2D eigenvalue weighted by molar-refractivity contribution is 0.102. The van der Waals surface area contributed by atoms with E-state index in [4.69, 9.17) is 23.2 Å². The number of halogens is 2. The predicted octanol–water partition coefficient (Wildman–Crippen LogP) is 3.50. The molecule has 0 aliphatic carbocycles. The Labute approximate surface area is 144 Å². The zero-order valence-corrected chi connectivity index (χ0v) is 14.7. The lowest BCUT2D eigenvalue weighted by Gasteiger charge is -2.12. The zero-order valence-electron chi connectivity index (χ0n) is 12.4. The highest BCUT2D eigenvalue weighted by Crippen LogP contribution is 2.25. The van der Waals surface area contributed by atoms with E-state index < -0.39 is 15.9 Å². The molecule has 0 saturated carbocycles. The van der Waals surface area contributed by atoms with Gasteiger partial charge in [0, 0.05) is 25.3 Å². The number of carbonyl (C=O) groups is 1. The van der Waals surface area contributed by atoms with E-state index >= 15 is 0 Å². The van der Waals surface area contributed by atoms with E-state index in [1.54, 1.807) is 12.1 Å². The summed E-state index contributed by atoms with van der Waals surface area (Å²) < 4.78 is 25.3. The summed E-state index contributed by atoms with van der Waals surface area (Å²) in [6, 6.07) is 10.5. The van der Waals surface area contributed by atoms with Crippen LogP contribution in [0.4, 0.5) is 5.69 Å². The van der Waals surface area contributed by atoms with Crippen molar-refractivity contribution in [2.45, 2.75) is 4.90 Å². The van der Waals surface area contributed by atoms with Crippen molar-refractivity contribution in [3.8, 4) is 0 Å². The van der Waals surface area contributed by atoms with Crippen LogP contribution < -0.4 is 5.32 Å². The van der Waals surface area contributed by atoms with Gasteiger partial charge in [0.2, 0.25) is 10.0 Å². The number of amides is 1. The van der Waals surface area contributed by atoms with Crippen LogP contribution in [0.3, 0.4) is 0 Å². The second-order valence-corrected chi connectivity index (χ2v) is 7.86. The third-order valence-corrected chi connectivity index (χ3v) is 5.60. The zero-order chi connectivity index (χ0) is 17.2. The van der Waals surface area contributed by atoms with Gasteiger partial charge in [-0.3, -0.25) is 4.79 Å². The van der Waals surface area contributed by atoms with Gasteiger partial charge in [0.1, 0.15) is 0 Å². The summed E-state index contributed by atoms with van der Waals surface area (Å²) in [5.41, 5.74) is 0.685. The number of nitrogens with zero attached hydrogens (tertiary/aromatic N) is 1. The van der Waals surface area contributed by atoms with E-state index in [9.17, 15) is 13.2 Å². The Bertz CT molecular complexity index is 852. The van der Waals surface area contributed by atoms with Crippen LogP contribution in [0, 0.1) is 0 Å². The molecule has 0 aromatic heterocycles. The van der Waals surface area contributed by atoms with Crippen LogP contribution in [0.5, 0.6) is 0 Å². The molecule has 0 aliphatic heterocycles. The van der Waals surface area contributed by atoms with E-state index in [1.807, 2.05) is 0 Å². The molecule has 0 bridgehead atoms. The Morgan fingerprint density at radius 3 is 2.35 bits per heavy atom. The molecule has 1 N–H and O–H groups in total. The standard InChI is InChI=1S/C15H14Cl2N2O3S/c1-19(2)23(21,22)12-5-3-4-10(8-12)15(20)18-11-6-7-13(16)14(17)9-11/h3-9H,1-2H3,(H,18,20). The number of hydrogen-bond acceptors (Lipinski definition) is 3. The molecule has 122 valence electrons. The first-order valence-corrected chi connectivity index (χ1v) is 8.70. The largest absolute Gasteiger partial charge is 0.322 e. The van der Waals surface area contributed by atoms with Crippen LogP contribution in [0.1, 0.15) is 10.4 Å². The van der Waals surface area contributed by atoms with Crippen molar-refractivity contribution in [1.82, 2.24) is 4.31 Å². The van der Waals surface area contributed by atoms with Gasteiger partial charge in [-0.15, -0.1) is 0 Å². The highest BCUT2D eigenvalue weighted by Gasteiger charge is 2.18. The Morgan fingerprint density at radius 1 is 1.04 bits per heavy atom. The van der Waals surface area contributed by atoms with Gasteiger partial charge in [0.25, 0.3) is 5.91 Å². The second-order valence-electron chi connectivity index (χ2n) is 4.90. The highest BCUT2D eigenvalue weighted by atomic mass is 35.5. The van der Waals surface area contributed by atoms with Gasteiger partial charge in [-0.25, -0.2) is 12.7 Å².